The Balaban J connectivity index is 1.45. The number of piperidine rings is 1. The number of anilines is 1. The zero-order valence-electron chi connectivity index (χ0n) is 19.2. The molecule has 1 fully saturated rings. The van der Waals surface area contributed by atoms with E-state index >= 15 is 0 Å². The standard InChI is InChI=1S/C26H26FN5O2/c1-16-7-5-14-32(21(16)15-30-26-31-20-8-3-4-9-22(20)34-26)25(33)23-17(2)19(27)11-10-18(23)24-28-12-6-13-29-24/h3-4,6,8-13,16,21H,5,7,14-15H2,1-2H3,(H,30,31)/t16-,21-/m1/s1. The lowest BCUT2D eigenvalue weighted by molar-refractivity contribution is 0.0538. The average molecular weight is 460 g/mol. The highest BCUT2D eigenvalue weighted by Gasteiger charge is 2.34. The fourth-order valence-electron chi connectivity index (χ4n) is 4.68. The minimum absolute atomic E-state index is 0.108. The number of likely N-dealkylation sites (tertiary alicyclic amines) is 1. The molecular formula is C26H26FN5O2. The maximum absolute atomic E-state index is 14.6. The molecule has 2 atom stereocenters. The first kappa shape index (κ1) is 22.0. The highest BCUT2D eigenvalue weighted by atomic mass is 19.1. The summed E-state index contributed by atoms with van der Waals surface area (Å²) in [7, 11) is 0. The SMILES string of the molecule is Cc1c(F)ccc(-c2ncccn2)c1C(=O)N1CCC[C@@H](C)[C@H]1CNc1nc2ccccc2o1. The number of amides is 1. The molecule has 2 aromatic heterocycles. The monoisotopic (exact) mass is 459 g/mol. The number of fused-ring (bicyclic) bond motifs is 1. The molecule has 1 amide bonds. The number of aromatic nitrogens is 3. The molecule has 0 spiro atoms. The van der Waals surface area contributed by atoms with Gasteiger partial charge >= 0.3 is 0 Å². The minimum Gasteiger partial charge on any atom is -0.424 e. The second-order valence-electron chi connectivity index (χ2n) is 8.72. The van der Waals surface area contributed by atoms with Crippen LogP contribution in [0.4, 0.5) is 10.4 Å². The first-order valence-electron chi connectivity index (χ1n) is 11.5. The summed E-state index contributed by atoms with van der Waals surface area (Å²) in [5, 5.41) is 3.27. The number of benzene rings is 2. The predicted molar refractivity (Wildman–Crippen MR) is 128 cm³/mol. The molecule has 1 aliphatic rings. The van der Waals surface area contributed by atoms with Crippen LogP contribution in [0.2, 0.25) is 0 Å². The number of rotatable bonds is 5. The van der Waals surface area contributed by atoms with Crippen LogP contribution in [0.5, 0.6) is 0 Å². The summed E-state index contributed by atoms with van der Waals surface area (Å²) in [6.07, 6.45) is 5.12. The smallest absolute Gasteiger partial charge is 0.295 e. The Labute approximate surface area is 197 Å². The van der Waals surface area contributed by atoms with E-state index in [1.165, 1.54) is 6.07 Å². The van der Waals surface area contributed by atoms with Crippen molar-refractivity contribution in [1.82, 2.24) is 19.9 Å². The van der Waals surface area contributed by atoms with Crippen molar-refractivity contribution in [3.05, 3.63) is 71.8 Å². The van der Waals surface area contributed by atoms with Gasteiger partial charge < -0.3 is 14.6 Å². The van der Waals surface area contributed by atoms with Gasteiger partial charge in [0.05, 0.1) is 11.6 Å². The molecular weight excluding hydrogens is 433 g/mol. The molecule has 1 aliphatic heterocycles. The van der Waals surface area contributed by atoms with Gasteiger partial charge in [-0.1, -0.05) is 19.1 Å². The van der Waals surface area contributed by atoms with Gasteiger partial charge in [0.15, 0.2) is 11.4 Å². The number of carbonyl (C=O) groups excluding carboxylic acids is 1. The fourth-order valence-corrected chi connectivity index (χ4v) is 4.68. The molecule has 0 saturated carbocycles. The van der Waals surface area contributed by atoms with E-state index in [1.807, 2.05) is 29.2 Å². The predicted octanol–water partition coefficient (Wildman–Crippen LogP) is 5.09. The highest BCUT2D eigenvalue weighted by molar-refractivity contribution is 6.01. The summed E-state index contributed by atoms with van der Waals surface area (Å²) in [5.74, 6) is 0.0182. The average Bonchev–Trinajstić information content (AvgIpc) is 3.28. The second-order valence-corrected chi connectivity index (χ2v) is 8.72. The largest absolute Gasteiger partial charge is 0.424 e. The zero-order chi connectivity index (χ0) is 23.7. The third-order valence-corrected chi connectivity index (χ3v) is 6.55. The van der Waals surface area contributed by atoms with Crippen LogP contribution in [0.25, 0.3) is 22.5 Å². The van der Waals surface area contributed by atoms with Gasteiger partial charge in [-0.05, 0) is 61.6 Å². The molecule has 2 aromatic carbocycles. The minimum atomic E-state index is -0.422. The van der Waals surface area contributed by atoms with Crippen LogP contribution in [-0.4, -0.2) is 44.9 Å². The van der Waals surface area contributed by atoms with Crippen molar-refractivity contribution < 1.29 is 13.6 Å². The highest BCUT2D eigenvalue weighted by Crippen LogP contribution is 2.31. The summed E-state index contributed by atoms with van der Waals surface area (Å²) >= 11 is 0. The third kappa shape index (κ3) is 4.11. The molecule has 0 unspecified atom stereocenters. The topological polar surface area (TPSA) is 84.2 Å². The van der Waals surface area contributed by atoms with Crippen LogP contribution in [0, 0.1) is 18.7 Å². The third-order valence-electron chi connectivity index (χ3n) is 6.55. The summed E-state index contributed by atoms with van der Waals surface area (Å²) in [4.78, 5) is 28.8. The summed E-state index contributed by atoms with van der Waals surface area (Å²) in [6.45, 7) is 4.84. The molecule has 4 aromatic rings. The van der Waals surface area contributed by atoms with Crippen molar-refractivity contribution in [2.75, 3.05) is 18.4 Å². The zero-order valence-corrected chi connectivity index (χ0v) is 19.2. The fraction of sp³-hybridized carbons (Fsp3) is 0.308. The number of hydrogen-bond donors (Lipinski definition) is 1. The molecule has 0 radical (unpaired) electrons. The number of para-hydroxylation sites is 2. The van der Waals surface area contributed by atoms with Crippen molar-refractivity contribution >= 4 is 23.0 Å². The normalized spacial score (nSPS) is 18.3. The molecule has 1 N–H and O–H groups in total. The van der Waals surface area contributed by atoms with E-state index in [-0.39, 0.29) is 17.9 Å². The summed E-state index contributed by atoms with van der Waals surface area (Å²) in [5.41, 5.74) is 2.63. The Hall–Kier alpha value is -3.81. The molecule has 0 bridgehead atoms. The maximum Gasteiger partial charge on any atom is 0.295 e. The van der Waals surface area contributed by atoms with Crippen molar-refractivity contribution in [3.63, 3.8) is 0 Å². The molecule has 7 nitrogen and oxygen atoms in total. The van der Waals surface area contributed by atoms with Crippen LogP contribution in [0.15, 0.2) is 59.3 Å². The van der Waals surface area contributed by atoms with E-state index in [1.54, 1.807) is 31.5 Å². The van der Waals surface area contributed by atoms with Crippen LogP contribution in [-0.2, 0) is 0 Å². The van der Waals surface area contributed by atoms with Gasteiger partial charge in [-0.3, -0.25) is 4.79 Å². The summed E-state index contributed by atoms with van der Waals surface area (Å²) in [6, 6.07) is 12.5. The molecule has 34 heavy (non-hydrogen) atoms. The number of oxazole rings is 1. The van der Waals surface area contributed by atoms with E-state index in [4.69, 9.17) is 4.42 Å². The quantitative estimate of drug-likeness (QED) is 0.448. The van der Waals surface area contributed by atoms with E-state index in [9.17, 15) is 9.18 Å². The second kappa shape index (κ2) is 9.21. The molecule has 1 saturated heterocycles. The maximum atomic E-state index is 14.6. The van der Waals surface area contributed by atoms with Gasteiger partial charge in [0, 0.05) is 31.0 Å². The first-order valence-corrected chi connectivity index (χ1v) is 11.5. The van der Waals surface area contributed by atoms with Gasteiger partial charge in [-0.25, -0.2) is 14.4 Å². The Morgan fingerprint density at radius 3 is 2.76 bits per heavy atom. The Kier molecular flexibility index (Phi) is 5.96. The van der Waals surface area contributed by atoms with Crippen molar-refractivity contribution in [3.8, 4) is 11.4 Å². The molecule has 3 heterocycles. The van der Waals surface area contributed by atoms with Crippen molar-refractivity contribution in [1.29, 1.82) is 0 Å². The van der Waals surface area contributed by atoms with Gasteiger partial charge in [0.1, 0.15) is 11.3 Å². The lowest BCUT2D eigenvalue weighted by Gasteiger charge is -2.40. The lowest BCUT2D eigenvalue weighted by Crippen LogP contribution is -2.51. The van der Waals surface area contributed by atoms with Gasteiger partial charge in [-0.15, -0.1) is 0 Å². The van der Waals surface area contributed by atoms with E-state index in [0.29, 0.717) is 47.2 Å². The Bertz CT molecular complexity index is 1290. The number of halogens is 1. The number of carbonyl (C=O) groups is 1. The van der Waals surface area contributed by atoms with Gasteiger partial charge in [0.2, 0.25) is 0 Å². The van der Waals surface area contributed by atoms with Crippen LogP contribution in [0.3, 0.4) is 0 Å². The summed E-state index contributed by atoms with van der Waals surface area (Å²) < 4.78 is 20.4. The lowest BCUT2D eigenvalue weighted by atomic mass is 9.89. The van der Waals surface area contributed by atoms with E-state index in [0.717, 1.165) is 18.4 Å². The van der Waals surface area contributed by atoms with Crippen molar-refractivity contribution in [2.24, 2.45) is 5.92 Å². The van der Waals surface area contributed by atoms with Crippen molar-refractivity contribution in [2.45, 2.75) is 32.7 Å². The van der Waals surface area contributed by atoms with E-state index < -0.39 is 5.82 Å². The van der Waals surface area contributed by atoms with E-state index in [2.05, 4.69) is 27.2 Å². The first-order chi connectivity index (χ1) is 16.5. The molecule has 0 aliphatic carbocycles. The number of nitrogens with one attached hydrogen (secondary N) is 1. The number of hydrogen-bond acceptors (Lipinski definition) is 6. The molecule has 5 rings (SSSR count). The van der Waals surface area contributed by atoms with Gasteiger partial charge in [-0.2, -0.15) is 4.98 Å². The Morgan fingerprint density at radius 1 is 1.18 bits per heavy atom. The number of nitrogens with zero attached hydrogens (tertiary/aromatic N) is 4. The molecule has 174 valence electrons. The van der Waals surface area contributed by atoms with Crippen LogP contribution >= 0.6 is 0 Å². The Morgan fingerprint density at radius 2 is 1.97 bits per heavy atom. The molecule has 8 heteroatoms. The van der Waals surface area contributed by atoms with Crippen LogP contribution < -0.4 is 5.32 Å². The van der Waals surface area contributed by atoms with Crippen LogP contribution in [0.1, 0.15) is 35.7 Å². The van der Waals surface area contributed by atoms with Gasteiger partial charge in [0.25, 0.3) is 11.9 Å².